The van der Waals surface area contributed by atoms with Gasteiger partial charge in [-0.2, -0.15) is 0 Å². The van der Waals surface area contributed by atoms with Gasteiger partial charge in [0, 0.05) is 29.7 Å². The zero-order valence-corrected chi connectivity index (χ0v) is 16.8. The molecular formula is C22H18N3O3S-. The predicted molar refractivity (Wildman–Crippen MR) is 114 cm³/mol. The number of rotatable bonds is 4. The number of aromatic nitrogens is 1. The molecule has 0 N–H and O–H groups in total. The summed E-state index contributed by atoms with van der Waals surface area (Å²) in [6.45, 7) is 1.76. The van der Waals surface area contributed by atoms with E-state index in [0.29, 0.717) is 10.1 Å². The molecule has 1 aromatic heterocycles. The van der Waals surface area contributed by atoms with Gasteiger partial charge in [-0.25, -0.2) is 4.99 Å². The molecule has 0 aliphatic carbocycles. The molecule has 29 heavy (non-hydrogen) atoms. The lowest BCUT2D eigenvalue weighted by Gasteiger charge is -2.07. The minimum absolute atomic E-state index is 0.141. The van der Waals surface area contributed by atoms with Gasteiger partial charge in [-0.15, -0.1) is 0 Å². The first-order valence-electron chi connectivity index (χ1n) is 9.03. The summed E-state index contributed by atoms with van der Waals surface area (Å²) in [5.41, 5.74) is 3.49. The number of aryl methyl sites for hydroxylation is 1. The Labute approximate surface area is 172 Å². The van der Waals surface area contributed by atoms with Crippen molar-refractivity contribution in [3.05, 3.63) is 70.8 Å². The number of fused-ring (bicyclic) bond motifs is 1. The van der Waals surface area contributed by atoms with Crippen molar-refractivity contribution in [2.24, 2.45) is 4.99 Å². The number of carbonyl (C=O) groups excluding carboxylic acids is 2. The number of carboxylic acid groups (broad SMARTS) is 1. The van der Waals surface area contributed by atoms with Gasteiger partial charge in [-0.3, -0.25) is 9.69 Å². The average molecular weight is 404 g/mol. The van der Waals surface area contributed by atoms with Crippen molar-refractivity contribution >= 4 is 51.5 Å². The Morgan fingerprint density at radius 1 is 1.17 bits per heavy atom. The van der Waals surface area contributed by atoms with E-state index in [0.717, 1.165) is 27.7 Å². The van der Waals surface area contributed by atoms with E-state index in [1.807, 2.05) is 55.5 Å². The van der Waals surface area contributed by atoms with Gasteiger partial charge in [0.25, 0.3) is 5.91 Å². The number of thioether (sulfide) groups is 1. The Morgan fingerprint density at radius 2 is 1.90 bits per heavy atom. The maximum Gasteiger partial charge on any atom is 0.266 e. The van der Waals surface area contributed by atoms with Crippen LogP contribution in [0.4, 0.5) is 5.69 Å². The molecule has 6 nitrogen and oxygen atoms in total. The Morgan fingerprint density at radius 3 is 2.62 bits per heavy atom. The molecule has 1 fully saturated rings. The standard InChI is InChI=1S/C22H19N3O3S/c1-14-7-9-16(10-8-14)23-22-24(2)21(28)19(29-22)11-15-12-25(13-20(26)27)18-6-4-3-5-17(15)18/h3-12H,13H2,1-2H3,(H,26,27)/p-1/b19-11-,23-22?. The van der Waals surface area contributed by atoms with Crippen LogP contribution in [0, 0.1) is 6.92 Å². The van der Waals surface area contributed by atoms with Gasteiger partial charge in [-0.05, 0) is 43.0 Å². The van der Waals surface area contributed by atoms with Crippen LogP contribution >= 0.6 is 11.8 Å². The second-order valence-corrected chi connectivity index (χ2v) is 7.82. The van der Waals surface area contributed by atoms with Crippen LogP contribution in [0.15, 0.2) is 64.6 Å². The van der Waals surface area contributed by atoms with Crippen LogP contribution in [-0.2, 0) is 16.1 Å². The van der Waals surface area contributed by atoms with E-state index >= 15 is 0 Å². The topological polar surface area (TPSA) is 77.7 Å². The number of nitrogens with zero attached hydrogens (tertiary/aromatic N) is 3. The molecule has 2 aromatic carbocycles. The highest BCUT2D eigenvalue weighted by molar-refractivity contribution is 8.18. The van der Waals surface area contributed by atoms with Crippen LogP contribution < -0.4 is 5.11 Å². The van der Waals surface area contributed by atoms with Crippen molar-refractivity contribution in [3.63, 3.8) is 0 Å². The molecule has 1 aliphatic heterocycles. The number of para-hydroxylation sites is 1. The Kier molecular flexibility index (Phi) is 4.98. The molecule has 1 amide bonds. The summed E-state index contributed by atoms with van der Waals surface area (Å²) in [5.74, 6) is -1.30. The van der Waals surface area contributed by atoms with Crippen LogP contribution in [0.2, 0.25) is 0 Å². The number of aliphatic carboxylic acids is 1. The lowest BCUT2D eigenvalue weighted by atomic mass is 10.1. The molecule has 0 radical (unpaired) electrons. The third kappa shape index (κ3) is 3.82. The highest BCUT2D eigenvalue weighted by Crippen LogP contribution is 2.34. The summed E-state index contributed by atoms with van der Waals surface area (Å²) in [5, 5.41) is 12.5. The fourth-order valence-corrected chi connectivity index (χ4v) is 4.16. The van der Waals surface area contributed by atoms with Crippen LogP contribution in [0.25, 0.3) is 17.0 Å². The largest absolute Gasteiger partial charge is 0.548 e. The van der Waals surface area contributed by atoms with Crippen molar-refractivity contribution in [1.29, 1.82) is 0 Å². The first-order valence-corrected chi connectivity index (χ1v) is 9.85. The molecule has 0 atom stereocenters. The third-order valence-corrected chi connectivity index (χ3v) is 5.73. The monoisotopic (exact) mass is 404 g/mol. The number of hydrogen-bond acceptors (Lipinski definition) is 5. The summed E-state index contributed by atoms with van der Waals surface area (Å²) >= 11 is 1.30. The van der Waals surface area contributed by atoms with E-state index in [1.54, 1.807) is 23.9 Å². The Bertz CT molecular complexity index is 1180. The maximum absolute atomic E-state index is 12.7. The van der Waals surface area contributed by atoms with Gasteiger partial charge < -0.3 is 14.5 Å². The molecule has 3 aromatic rings. The SMILES string of the molecule is Cc1ccc(N=C2S/C(=C\c3cn(CC(=O)[O-])c4ccccc34)C(=O)N2C)cc1. The van der Waals surface area contributed by atoms with Crippen LogP contribution in [0.1, 0.15) is 11.1 Å². The number of aliphatic imine (C=N–C) groups is 1. The third-order valence-electron chi connectivity index (χ3n) is 4.67. The second-order valence-electron chi connectivity index (χ2n) is 6.81. The molecule has 146 valence electrons. The van der Waals surface area contributed by atoms with Crippen molar-refractivity contribution < 1.29 is 14.7 Å². The van der Waals surface area contributed by atoms with Gasteiger partial charge in [0.15, 0.2) is 5.17 Å². The zero-order chi connectivity index (χ0) is 20.5. The molecular weight excluding hydrogens is 386 g/mol. The van der Waals surface area contributed by atoms with Gasteiger partial charge in [-0.1, -0.05) is 35.9 Å². The number of amidine groups is 1. The molecule has 0 bridgehead atoms. The highest BCUT2D eigenvalue weighted by Gasteiger charge is 2.30. The van der Waals surface area contributed by atoms with Gasteiger partial charge >= 0.3 is 0 Å². The summed E-state index contributed by atoms with van der Waals surface area (Å²) in [4.78, 5) is 30.4. The Balaban J connectivity index is 1.71. The minimum atomic E-state index is -1.16. The lowest BCUT2D eigenvalue weighted by Crippen LogP contribution is -2.27. The van der Waals surface area contributed by atoms with E-state index in [2.05, 4.69) is 4.99 Å². The van der Waals surface area contributed by atoms with Crippen LogP contribution in [0.3, 0.4) is 0 Å². The first-order chi connectivity index (χ1) is 13.9. The molecule has 4 rings (SSSR count). The summed E-state index contributed by atoms with van der Waals surface area (Å²) < 4.78 is 1.62. The predicted octanol–water partition coefficient (Wildman–Crippen LogP) is 2.93. The quantitative estimate of drug-likeness (QED) is 0.627. The van der Waals surface area contributed by atoms with Crippen molar-refractivity contribution in [3.8, 4) is 0 Å². The van der Waals surface area contributed by atoms with E-state index < -0.39 is 5.97 Å². The molecule has 1 saturated heterocycles. The minimum Gasteiger partial charge on any atom is -0.548 e. The smallest absolute Gasteiger partial charge is 0.266 e. The highest BCUT2D eigenvalue weighted by atomic mass is 32.2. The average Bonchev–Trinajstić information content (AvgIpc) is 3.16. The summed E-state index contributed by atoms with van der Waals surface area (Å²) in [6.07, 6.45) is 3.52. The van der Waals surface area contributed by atoms with Crippen LogP contribution in [-0.4, -0.2) is 33.6 Å². The number of benzene rings is 2. The molecule has 2 heterocycles. The molecule has 0 unspecified atom stereocenters. The first kappa shape index (κ1) is 19.0. The number of likely N-dealkylation sites (N-methyl/N-ethyl adjacent to an activating group) is 1. The second kappa shape index (κ2) is 7.60. The molecule has 7 heteroatoms. The summed E-state index contributed by atoms with van der Waals surface area (Å²) in [7, 11) is 1.70. The lowest BCUT2D eigenvalue weighted by molar-refractivity contribution is -0.306. The van der Waals surface area contributed by atoms with E-state index in [-0.39, 0.29) is 12.5 Å². The van der Waals surface area contributed by atoms with E-state index in [1.165, 1.54) is 16.7 Å². The fraction of sp³-hybridized carbons (Fsp3) is 0.136. The van der Waals surface area contributed by atoms with E-state index in [9.17, 15) is 14.7 Å². The molecule has 0 spiro atoms. The number of carbonyl (C=O) groups is 2. The number of amides is 1. The van der Waals surface area contributed by atoms with Crippen molar-refractivity contribution in [2.45, 2.75) is 13.5 Å². The van der Waals surface area contributed by atoms with Gasteiger partial charge in [0.1, 0.15) is 0 Å². The molecule has 0 saturated carbocycles. The fourth-order valence-electron chi connectivity index (χ4n) is 3.18. The van der Waals surface area contributed by atoms with E-state index in [4.69, 9.17) is 0 Å². The van der Waals surface area contributed by atoms with Gasteiger partial charge in [0.2, 0.25) is 0 Å². The summed E-state index contributed by atoms with van der Waals surface area (Å²) in [6, 6.07) is 15.3. The Hall–Kier alpha value is -3.32. The maximum atomic E-state index is 12.7. The van der Waals surface area contributed by atoms with Crippen molar-refractivity contribution in [1.82, 2.24) is 9.47 Å². The number of carboxylic acids is 1. The number of hydrogen-bond donors (Lipinski definition) is 0. The molecule has 1 aliphatic rings. The van der Waals surface area contributed by atoms with Gasteiger partial charge in [0.05, 0.1) is 23.1 Å². The zero-order valence-electron chi connectivity index (χ0n) is 16.0. The van der Waals surface area contributed by atoms with Crippen LogP contribution in [0.5, 0.6) is 0 Å². The van der Waals surface area contributed by atoms with Crippen molar-refractivity contribution in [2.75, 3.05) is 7.05 Å². The normalized spacial score (nSPS) is 17.0.